The summed E-state index contributed by atoms with van der Waals surface area (Å²) >= 11 is 0. The Kier molecular flexibility index (Phi) is 12.7. The zero-order valence-electron chi connectivity index (χ0n) is 29.7. The number of nitrogens with zero attached hydrogens (tertiary/aromatic N) is 3. The van der Waals surface area contributed by atoms with Crippen LogP contribution < -0.4 is 15.5 Å². The van der Waals surface area contributed by atoms with Crippen LogP contribution >= 0.6 is 0 Å². The van der Waals surface area contributed by atoms with Gasteiger partial charge in [-0.05, 0) is 52.9 Å². The Morgan fingerprint density at radius 1 is 0.868 bits per heavy atom. The predicted molar refractivity (Wildman–Crippen MR) is 199 cm³/mol. The van der Waals surface area contributed by atoms with Crippen molar-refractivity contribution < 1.29 is 33.8 Å². The lowest BCUT2D eigenvalue weighted by molar-refractivity contribution is -0.384. The SMILES string of the molecule is CCOC(=O)CNC(=O)NCc1cccc(-c2ccc(C3OC(CN4CCN(c5ccc([N+](=O)[O-])cc5)CC4)CC(c4ccc(CO)cc4)O3)cc2)c1. The lowest BCUT2D eigenvalue weighted by Crippen LogP contribution is -2.49. The molecular weight excluding hydrogens is 678 g/mol. The number of ether oxygens (including phenoxy) is 3. The van der Waals surface area contributed by atoms with Gasteiger partial charge < -0.3 is 34.9 Å². The molecule has 0 aliphatic carbocycles. The topological polar surface area (TPSA) is 156 Å². The first-order chi connectivity index (χ1) is 25.8. The van der Waals surface area contributed by atoms with Gasteiger partial charge in [0.25, 0.3) is 5.69 Å². The Balaban J connectivity index is 1.09. The number of aliphatic hydroxyl groups excluding tert-OH is 1. The van der Waals surface area contributed by atoms with Gasteiger partial charge in [0, 0.05) is 69.1 Å². The first kappa shape index (κ1) is 37.4. The number of urea groups is 1. The van der Waals surface area contributed by atoms with Crippen LogP contribution in [0, 0.1) is 10.1 Å². The van der Waals surface area contributed by atoms with Gasteiger partial charge >= 0.3 is 12.0 Å². The molecule has 2 amide bonds. The molecule has 0 radical (unpaired) electrons. The third kappa shape index (κ3) is 10.2. The molecule has 3 atom stereocenters. The van der Waals surface area contributed by atoms with E-state index in [1.807, 2.05) is 84.9 Å². The number of carbonyl (C=O) groups excluding carboxylic acids is 2. The number of nitro benzene ring substituents is 1. The highest BCUT2D eigenvalue weighted by atomic mass is 16.7. The highest BCUT2D eigenvalue weighted by Gasteiger charge is 2.34. The molecule has 0 spiro atoms. The lowest BCUT2D eigenvalue weighted by atomic mass is 9.98. The summed E-state index contributed by atoms with van der Waals surface area (Å²) in [6.45, 7) is 6.05. The molecule has 53 heavy (non-hydrogen) atoms. The van der Waals surface area contributed by atoms with Crippen LogP contribution in [0.4, 0.5) is 16.2 Å². The number of amides is 2. The molecule has 278 valence electrons. The van der Waals surface area contributed by atoms with Crippen molar-refractivity contribution in [2.24, 2.45) is 0 Å². The lowest BCUT2D eigenvalue weighted by Gasteiger charge is -2.41. The van der Waals surface area contributed by atoms with E-state index >= 15 is 0 Å². The highest BCUT2D eigenvalue weighted by molar-refractivity contribution is 5.80. The Morgan fingerprint density at radius 2 is 1.58 bits per heavy atom. The Bertz CT molecular complexity index is 1830. The first-order valence-electron chi connectivity index (χ1n) is 17.9. The van der Waals surface area contributed by atoms with Gasteiger partial charge in [0.05, 0.1) is 30.3 Å². The van der Waals surface area contributed by atoms with Crippen molar-refractivity contribution in [1.82, 2.24) is 15.5 Å². The van der Waals surface area contributed by atoms with E-state index in [2.05, 4.69) is 20.4 Å². The molecule has 2 aliphatic rings. The van der Waals surface area contributed by atoms with Crippen molar-refractivity contribution in [3.8, 4) is 11.1 Å². The summed E-state index contributed by atoms with van der Waals surface area (Å²) in [7, 11) is 0. The summed E-state index contributed by atoms with van der Waals surface area (Å²) in [6, 6.07) is 30.1. The average Bonchev–Trinajstić information content (AvgIpc) is 3.20. The minimum atomic E-state index is -0.588. The van der Waals surface area contributed by atoms with Gasteiger partial charge in [-0.2, -0.15) is 0 Å². The molecule has 13 heteroatoms. The number of nitrogens with one attached hydrogen (secondary N) is 2. The highest BCUT2D eigenvalue weighted by Crippen LogP contribution is 2.39. The predicted octanol–water partition coefficient (Wildman–Crippen LogP) is 5.48. The number of hydrogen-bond donors (Lipinski definition) is 3. The van der Waals surface area contributed by atoms with Crippen LogP contribution in [0.25, 0.3) is 11.1 Å². The first-order valence-corrected chi connectivity index (χ1v) is 17.9. The summed E-state index contributed by atoms with van der Waals surface area (Å²) in [5.41, 5.74) is 6.72. The van der Waals surface area contributed by atoms with Crippen LogP contribution in [0.2, 0.25) is 0 Å². The van der Waals surface area contributed by atoms with E-state index in [1.165, 1.54) is 0 Å². The number of anilines is 1. The van der Waals surface area contributed by atoms with Crippen LogP contribution in [0.15, 0.2) is 97.1 Å². The van der Waals surface area contributed by atoms with Crippen molar-refractivity contribution in [2.75, 3.05) is 50.8 Å². The molecule has 13 nitrogen and oxygen atoms in total. The molecule has 2 aliphatic heterocycles. The monoisotopic (exact) mass is 723 g/mol. The molecule has 0 saturated carbocycles. The Labute approximate surface area is 308 Å². The zero-order valence-corrected chi connectivity index (χ0v) is 29.7. The van der Waals surface area contributed by atoms with E-state index in [0.717, 1.165) is 71.8 Å². The molecule has 2 fully saturated rings. The molecule has 3 unspecified atom stereocenters. The van der Waals surface area contributed by atoms with E-state index in [9.17, 15) is 24.8 Å². The molecule has 6 rings (SSSR count). The van der Waals surface area contributed by atoms with Crippen LogP contribution in [0.3, 0.4) is 0 Å². The summed E-state index contributed by atoms with van der Waals surface area (Å²) < 4.78 is 18.1. The van der Waals surface area contributed by atoms with Gasteiger partial charge in [-0.25, -0.2) is 4.79 Å². The minimum Gasteiger partial charge on any atom is -0.465 e. The molecule has 2 heterocycles. The molecule has 4 aromatic carbocycles. The van der Waals surface area contributed by atoms with Crippen molar-refractivity contribution in [3.63, 3.8) is 0 Å². The van der Waals surface area contributed by atoms with Crippen LogP contribution in [0.5, 0.6) is 0 Å². The Morgan fingerprint density at radius 3 is 2.26 bits per heavy atom. The fourth-order valence-electron chi connectivity index (χ4n) is 6.60. The number of benzene rings is 4. The largest absolute Gasteiger partial charge is 0.465 e. The number of piperazine rings is 1. The van der Waals surface area contributed by atoms with Gasteiger partial charge in [-0.3, -0.25) is 19.8 Å². The maximum absolute atomic E-state index is 12.2. The maximum Gasteiger partial charge on any atom is 0.325 e. The summed E-state index contributed by atoms with van der Waals surface area (Å²) in [6.07, 6.45) is -0.209. The number of esters is 1. The molecule has 4 aromatic rings. The number of rotatable bonds is 13. The second-order valence-corrected chi connectivity index (χ2v) is 13.1. The molecule has 2 saturated heterocycles. The molecule has 3 N–H and O–H groups in total. The van der Waals surface area contributed by atoms with Crippen LogP contribution in [-0.2, 0) is 32.2 Å². The summed E-state index contributed by atoms with van der Waals surface area (Å²) in [4.78, 5) is 39.0. The van der Waals surface area contributed by atoms with Gasteiger partial charge in [0.1, 0.15) is 6.54 Å². The summed E-state index contributed by atoms with van der Waals surface area (Å²) in [5, 5.41) is 25.9. The Hall–Kier alpha value is -5.34. The van der Waals surface area contributed by atoms with Crippen LogP contribution in [0.1, 0.15) is 48.0 Å². The fourth-order valence-corrected chi connectivity index (χ4v) is 6.60. The van der Waals surface area contributed by atoms with Crippen LogP contribution in [-0.4, -0.2) is 78.9 Å². The van der Waals surface area contributed by atoms with Crippen molar-refractivity contribution in [1.29, 1.82) is 0 Å². The number of nitro groups is 1. The number of aliphatic hydroxyl groups is 1. The van der Waals surface area contributed by atoms with E-state index < -0.39 is 18.3 Å². The standard InChI is InChI=1S/C40H45N5O8/c1-2-51-38(47)25-42-40(48)41-24-29-4-3-5-33(22-29)30-10-12-32(13-11-30)39-52-36(23-37(53-39)31-8-6-28(27-46)7-9-31)26-43-18-20-44(21-19-43)34-14-16-35(17-15-34)45(49)50/h3-17,22,36-37,39,46H,2,18-21,23-27H2,1H3,(H2,41,42,48). The van der Waals surface area contributed by atoms with Gasteiger partial charge in [0.2, 0.25) is 0 Å². The van der Waals surface area contributed by atoms with Crippen molar-refractivity contribution >= 4 is 23.4 Å². The molecule has 0 aromatic heterocycles. The van der Waals surface area contributed by atoms with Gasteiger partial charge in [-0.15, -0.1) is 0 Å². The van der Waals surface area contributed by atoms with E-state index in [1.54, 1.807) is 19.1 Å². The van der Waals surface area contributed by atoms with E-state index in [-0.39, 0.29) is 42.6 Å². The maximum atomic E-state index is 12.2. The third-order valence-electron chi connectivity index (χ3n) is 9.47. The second kappa shape index (κ2) is 17.9. The van der Waals surface area contributed by atoms with Crippen molar-refractivity contribution in [2.45, 2.75) is 45.0 Å². The van der Waals surface area contributed by atoms with E-state index in [0.29, 0.717) is 13.0 Å². The minimum absolute atomic E-state index is 0.0236. The third-order valence-corrected chi connectivity index (χ3v) is 9.47. The number of carbonyl (C=O) groups is 2. The quantitative estimate of drug-likeness (QED) is 0.0917. The zero-order chi connectivity index (χ0) is 37.2. The molecular formula is C40H45N5O8. The number of hydrogen-bond acceptors (Lipinski definition) is 10. The number of non-ortho nitro benzene ring substituents is 1. The van der Waals surface area contributed by atoms with Gasteiger partial charge in [0.15, 0.2) is 6.29 Å². The van der Waals surface area contributed by atoms with E-state index in [4.69, 9.17) is 14.2 Å². The fraction of sp³-hybridized carbons (Fsp3) is 0.350. The van der Waals surface area contributed by atoms with Crippen molar-refractivity contribution in [3.05, 3.63) is 129 Å². The molecule has 0 bridgehead atoms. The normalized spacial score (nSPS) is 19.0. The summed E-state index contributed by atoms with van der Waals surface area (Å²) in [5.74, 6) is -0.489. The average molecular weight is 724 g/mol. The van der Waals surface area contributed by atoms with Gasteiger partial charge in [-0.1, -0.05) is 66.7 Å². The second-order valence-electron chi connectivity index (χ2n) is 13.1. The smallest absolute Gasteiger partial charge is 0.325 e.